The normalized spacial score (nSPS) is 25.8. The van der Waals surface area contributed by atoms with Gasteiger partial charge >= 0.3 is 0 Å². The summed E-state index contributed by atoms with van der Waals surface area (Å²) in [5.74, 6) is -0.0615. The third-order valence-electron chi connectivity index (χ3n) is 4.47. The van der Waals surface area contributed by atoms with E-state index in [1.54, 1.807) is 11.1 Å². The molecule has 6 nitrogen and oxygen atoms in total. The third kappa shape index (κ3) is 2.48. The van der Waals surface area contributed by atoms with E-state index in [4.69, 9.17) is 4.74 Å². The van der Waals surface area contributed by atoms with E-state index in [1.807, 2.05) is 0 Å². The third-order valence-corrected chi connectivity index (χ3v) is 4.47. The molecule has 1 unspecified atom stereocenters. The smallest absolute Gasteiger partial charge is 0.257 e. The summed E-state index contributed by atoms with van der Waals surface area (Å²) in [7, 11) is 0. The van der Waals surface area contributed by atoms with Gasteiger partial charge in [0.05, 0.1) is 18.3 Å². The molecule has 2 saturated heterocycles. The van der Waals surface area contributed by atoms with Crippen LogP contribution in [0.3, 0.4) is 0 Å². The van der Waals surface area contributed by atoms with E-state index < -0.39 is 5.60 Å². The zero-order valence-electron chi connectivity index (χ0n) is 12.4. The van der Waals surface area contributed by atoms with Crippen LogP contribution < -0.4 is 0 Å². The molecule has 3 heterocycles. The van der Waals surface area contributed by atoms with Crippen molar-refractivity contribution in [2.45, 2.75) is 44.6 Å². The van der Waals surface area contributed by atoms with E-state index >= 15 is 0 Å². The summed E-state index contributed by atoms with van der Waals surface area (Å²) in [6.07, 6.45) is 5.63. The summed E-state index contributed by atoms with van der Waals surface area (Å²) in [5, 5.41) is 6.84. The first kappa shape index (κ1) is 14.3. The Labute approximate surface area is 123 Å². The first-order chi connectivity index (χ1) is 10.2. The molecule has 0 aliphatic carbocycles. The van der Waals surface area contributed by atoms with Gasteiger partial charge in [0.1, 0.15) is 5.60 Å². The number of rotatable bonds is 3. The molecule has 2 aliphatic rings. The van der Waals surface area contributed by atoms with Crippen LogP contribution in [-0.2, 0) is 16.0 Å². The number of likely N-dealkylation sites (tertiary alicyclic amines) is 1. The second-order valence-electron chi connectivity index (χ2n) is 5.86. The summed E-state index contributed by atoms with van der Waals surface area (Å²) in [6.45, 7) is 3.43. The van der Waals surface area contributed by atoms with Crippen molar-refractivity contribution in [3.63, 3.8) is 0 Å². The maximum absolute atomic E-state index is 12.6. The molecule has 0 saturated carbocycles. The number of ketones is 1. The molecule has 0 radical (unpaired) electrons. The van der Waals surface area contributed by atoms with Crippen LogP contribution in [0.5, 0.6) is 0 Å². The number of amides is 1. The van der Waals surface area contributed by atoms with Gasteiger partial charge in [0.2, 0.25) is 0 Å². The standard InChI is InChI=1S/C15H21N3O3/c1-2-4-12-11(9-16-17-12)14(20)18-7-6-15(13(19)10-18)5-3-8-21-15/h9H,2-8,10H2,1H3,(H,16,17). The Morgan fingerprint density at radius 1 is 1.52 bits per heavy atom. The number of ether oxygens (including phenoxy) is 1. The maximum atomic E-state index is 12.6. The number of H-pyrrole nitrogens is 1. The summed E-state index contributed by atoms with van der Waals surface area (Å²) in [4.78, 5) is 26.6. The van der Waals surface area contributed by atoms with Crippen molar-refractivity contribution in [3.05, 3.63) is 17.5 Å². The molecule has 1 N–H and O–H groups in total. The highest BCUT2D eigenvalue weighted by molar-refractivity contribution is 6.00. The zero-order valence-corrected chi connectivity index (χ0v) is 12.4. The predicted octanol–water partition coefficient (Wildman–Crippen LogP) is 1.33. The highest BCUT2D eigenvalue weighted by atomic mass is 16.5. The van der Waals surface area contributed by atoms with Gasteiger partial charge in [-0.1, -0.05) is 13.3 Å². The number of carbonyl (C=O) groups is 2. The molecule has 1 aromatic rings. The molecular formula is C15H21N3O3. The van der Waals surface area contributed by atoms with Gasteiger partial charge in [0.25, 0.3) is 5.91 Å². The lowest BCUT2D eigenvalue weighted by Crippen LogP contribution is -2.53. The molecular weight excluding hydrogens is 270 g/mol. The van der Waals surface area contributed by atoms with E-state index in [0.29, 0.717) is 25.1 Å². The lowest BCUT2D eigenvalue weighted by molar-refractivity contribution is -0.144. The molecule has 0 aromatic carbocycles. The number of Topliss-reactive ketones (excluding diaryl/α,β-unsaturated/α-hetero) is 1. The van der Waals surface area contributed by atoms with Crippen molar-refractivity contribution >= 4 is 11.7 Å². The lowest BCUT2D eigenvalue weighted by Gasteiger charge is -2.37. The van der Waals surface area contributed by atoms with Crippen molar-refractivity contribution in [1.82, 2.24) is 15.1 Å². The first-order valence-electron chi connectivity index (χ1n) is 7.65. The van der Waals surface area contributed by atoms with Gasteiger partial charge in [-0.15, -0.1) is 0 Å². The van der Waals surface area contributed by atoms with E-state index in [9.17, 15) is 9.59 Å². The van der Waals surface area contributed by atoms with Crippen LogP contribution in [0.25, 0.3) is 0 Å². The Bertz CT molecular complexity index is 546. The van der Waals surface area contributed by atoms with Gasteiger partial charge in [0, 0.05) is 25.3 Å². The average Bonchev–Trinajstić information content (AvgIpc) is 3.12. The Balaban J connectivity index is 1.72. The van der Waals surface area contributed by atoms with E-state index in [1.165, 1.54) is 0 Å². The van der Waals surface area contributed by atoms with Crippen molar-refractivity contribution in [2.75, 3.05) is 19.7 Å². The van der Waals surface area contributed by atoms with Crippen LogP contribution in [-0.4, -0.2) is 52.1 Å². The molecule has 3 rings (SSSR count). The van der Waals surface area contributed by atoms with Crippen molar-refractivity contribution in [3.8, 4) is 0 Å². The van der Waals surface area contributed by atoms with Crippen LogP contribution in [0, 0.1) is 0 Å². The highest BCUT2D eigenvalue weighted by Gasteiger charge is 2.46. The van der Waals surface area contributed by atoms with E-state index in [0.717, 1.165) is 31.4 Å². The first-order valence-corrected chi connectivity index (χ1v) is 7.65. The largest absolute Gasteiger partial charge is 0.367 e. The molecule has 21 heavy (non-hydrogen) atoms. The van der Waals surface area contributed by atoms with Crippen LogP contribution in [0.1, 0.15) is 48.7 Å². The number of aromatic nitrogens is 2. The Kier molecular flexibility index (Phi) is 3.80. The highest BCUT2D eigenvalue weighted by Crippen LogP contribution is 2.33. The van der Waals surface area contributed by atoms with E-state index in [-0.39, 0.29) is 18.2 Å². The molecule has 1 spiro atoms. The molecule has 1 atom stereocenters. The Hall–Kier alpha value is -1.69. The van der Waals surface area contributed by atoms with Gasteiger partial charge in [-0.2, -0.15) is 5.10 Å². The quantitative estimate of drug-likeness (QED) is 0.911. The molecule has 2 fully saturated rings. The molecule has 0 bridgehead atoms. The molecule has 1 amide bonds. The summed E-state index contributed by atoms with van der Waals surface area (Å²) in [5.41, 5.74) is 0.833. The SMILES string of the molecule is CCCc1[nH]ncc1C(=O)N1CCC2(CCCO2)C(=O)C1. The maximum Gasteiger partial charge on any atom is 0.257 e. The number of piperidine rings is 1. The number of aromatic amines is 1. The monoisotopic (exact) mass is 291 g/mol. The number of carbonyl (C=O) groups excluding carboxylic acids is 2. The molecule has 1 aromatic heterocycles. The topological polar surface area (TPSA) is 75.3 Å². The molecule has 114 valence electrons. The number of hydrogen-bond donors (Lipinski definition) is 1. The van der Waals surface area contributed by atoms with Crippen LogP contribution in [0.4, 0.5) is 0 Å². The Morgan fingerprint density at radius 2 is 2.38 bits per heavy atom. The zero-order chi connectivity index (χ0) is 14.9. The van der Waals surface area contributed by atoms with Gasteiger partial charge in [0.15, 0.2) is 5.78 Å². The van der Waals surface area contributed by atoms with Crippen molar-refractivity contribution in [2.24, 2.45) is 0 Å². The van der Waals surface area contributed by atoms with Crippen LogP contribution in [0.15, 0.2) is 6.20 Å². The summed E-state index contributed by atoms with van der Waals surface area (Å²) >= 11 is 0. The molecule has 6 heteroatoms. The predicted molar refractivity (Wildman–Crippen MR) is 76.0 cm³/mol. The number of aryl methyl sites for hydroxylation is 1. The van der Waals surface area contributed by atoms with Crippen LogP contribution in [0.2, 0.25) is 0 Å². The van der Waals surface area contributed by atoms with E-state index in [2.05, 4.69) is 17.1 Å². The summed E-state index contributed by atoms with van der Waals surface area (Å²) in [6, 6.07) is 0. The average molecular weight is 291 g/mol. The second kappa shape index (κ2) is 5.60. The van der Waals surface area contributed by atoms with Gasteiger partial charge in [-0.3, -0.25) is 14.7 Å². The number of hydrogen-bond acceptors (Lipinski definition) is 4. The second-order valence-corrected chi connectivity index (χ2v) is 5.86. The fourth-order valence-electron chi connectivity index (χ4n) is 3.25. The van der Waals surface area contributed by atoms with Crippen LogP contribution >= 0.6 is 0 Å². The minimum Gasteiger partial charge on any atom is -0.367 e. The van der Waals surface area contributed by atoms with Gasteiger partial charge in [-0.05, 0) is 19.3 Å². The van der Waals surface area contributed by atoms with Crippen molar-refractivity contribution < 1.29 is 14.3 Å². The summed E-state index contributed by atoms with van der Waals surface area (Å²) < 4.78 is 5.67. The lowest BCUT2D eigenvalue weighted by atomic mass is 9.87. The molecule has 2 aliphatic heterocycles. The fourth-order valence-corrected chi connectivity index (χ4v) is 3.25. The van der Waals surface area contributed by atoms with Gasteiger partial charge < -0.3 is 9.64 Å². The Morgan fingerprint density at radius 3 is 3.05 bits per heavy atom. The number of nitrogens with one attached hydrogen (secondary N) is 1. The minimum absolute atomic E-state index is 0.0418. The number of nitrogens with zero attached hydrogens (tertiary/aromatic N) is 2. The van der Waals surface area contributed by atoms with Crippen molar-refractivity contribution in [1.29, 1.82) is 0 Å². The van der Waals surface area contributed by atoms with Gasteiger partial charge in [-0.25, -0.2) is 0 Å². The fraction of sp³-hybridized carbons (Fsp3) is 0.667. The minimum atomic E-state index is -0.612.